The Morgan fingerprint density at radius 3 is 2.17 bits per heavy atom. The molecule has 12 heavy (non-hydrogen) atoms. The summed E-state index contributed by atoms with van der Waals surface area (Å²) in [6.07, 6.45) is 1.01. The lowest BCUT2D eigenvalue weighted by atomic mass is 10.2. The average molecular weight is 174 g/mol. The fourth-order valence-corrected chi connectivity index (χ4v) is 0.881. The summed E-state index contributed by atoms with van der Waals surface area (Å²) in [6.45, 7) is 8.35. The van der Waals surface area contributed by atoms with Crippen LogP contribution in [-0.4, -0.2) is 30.7 Å². The molecule has 0 saturated carbocycles. The van der Waals surface area contributed by atoms with Gasteiger partial charge in [0.15, 0.2) is 6.29 Å². The average Bonchev–Trinajstić information content (AvgIpc) is 2.04. The van der Waals surface area contributed by atoms with Gasteiger partial charge < -0.3 is 14.6 Å². The van der Waals surface area contributed by atoms with Gasteiger partial charge in [-0.05, 0) is 20.3 Å². The monoisotopic (exact) mass is 174 g/mol. The third kappa shape index (κ3) is 4.49. The van der Waals surface area contributed by atoms with E-state index in [1.807, 2.05) is 13.8 Å². The van der Waals surface area contributed by atoms with Crippen molar-refractivity contribution >= 4 is 0 Å². The number of aliphatic hydroxyl groups excluding tert-OH is 1. The Hall–Kier alpha value is -0.380. The summed E-state index contributed by atoms with van der Waals surface area (Å²) in [7, 11) is 0. The first-order chi connectivity index (χ1) is 5.76. The highest BCUT2D eigenvalue weighted by atomic mass is 16.7. The lowest BCUT2D eigenvalue weighted by Crippen LogP contribution is -2.31. The van der Waals surface area contributed by atoms with Gasteiger partial charge in [0, 0.05) is 13.2 Å². The van der Waals surface area contributed by atoms with Crippen molar-refractivity contribution < 1.29 is 14.6 Å². The molecule has 3 nitrogen and oxygen atoms in total. The zero-order valence-corrected chi connectivity index (χ0v) is 7.82. The fourth-order valence-electron chi connectivity index (χ4n) is 0.881. The molecule has 0 heterocycles. The largest absolute Gasteiger partial charge is 0.388 e. The van der Waals surface area contributed by atoms with E-state index >= 15 is 0 Å². The maximum Gasteiger partial charge on any atom is 0.183 e. The van der Waals surface area contributed by atoms with Crippen molar-refractivity contribution in [2.45, 2.75) is 32.7 Å². The lowest BCUT2D eigenvalue weighted by Gasteiger charge is -2.21. The van der Waals surface area contributed by atoms with E-state index in [4.69, 9.17) is 9.47 Å². The molecule has 0 aliphatic heterocycles. The molecule has 0 aromatic rings. The second-order valence-electron chi connectivity index (χ2n) is 2.37. The van der Waals surface area contributed by atoms with Gasteiger partial charge in [0.2, 0.25) is 0 Å². The SMILES string of the molecule is C=CCC(O)C(OCC)OCC. The normalized spacial score (nSPS) is 13.3. The van der Waals surface area contributed by atoms with E-state index in [9.17, 15) is 5.11 Å². The zero-order chi connectivity index (χ0) is 9.40. The molecule has 0 radical (unpaired) electrons. The van der Waals surface area contributed by atoms with Gasteiger partial charge in [-0.1, -0.05) is 6.08 Å². The highest BCUT2D eigenvalue weighted by Crippen LogP contribution is 2.05. The highest BCUT2D eigenvalue weighted by Gasteiger charge is 2.17. The first-order valence-corrected chi connectivity index (χ1v) is 4.28. The Labute approximate surface area is 74.0 Å². The number of hydrogen-bond acceptors (Lipinski definition) is 3. The number of rotatable bonds is 7. The van der Waals surface area contributed by atoms with Crippen molar-refractivity contribution in [2.75, 3.05) is 13.2 Å². The van der Waals surface area contributed by atoms with Gasteiger partial charge in [-0.3, -0.25) is 0 Å². The molecule has 1 N–H and O–H groups in total. The van der Waals surface area contributed by atoms with Crippen LogP contribution in [-0.2, 0) is 9.47 Å². The smallest absolute Gasteiger partial charge is 0.183 e. The molecule has 0 amide bonds. The summed E-state index contributed by atoms with van der Waals surface area (Å²) in [6, 6.07) is 0. The minimum atomic E-state index is -0.609. The van der Waals surface area contributed by atoms with Gasteiger partial charge in [0.1, 0.15) is 6.10 Å². The van der Waals surface area contributed by atoms with E-state index < -0.39 is 12.4 Å². The number of aliphatic hydroxyl groups is 1. The zero-order valence-electron chi connectivity index (χ0n) is 7.82. The molecule has 0 aliphatic carbocycles. The van der Waals surface area contributed by atoms with Gasteiger partial charge in [0.25, 0.3) is 0 Å². The van der Waals surface area contributed by atoms with E-state index in [-0.39, 0.29) is 0 Å². The molecule has 0 bridgehead atoms. The molecular formula is C9H18O3. The molecule has 1 unspecified atom stereocenters. The minimum absolute atomic E-state index is 0.491. The van der Waals surface area contributed by atoms with Crippen LogP contribution in [0.3, 0.4) is 0 Å². The van der Waals surface area contributed by atoms with Crippen LogP contribution in [0.5, 0.6) is 0 Å². The summed E-state index contributed by atoms with van der Waals surface area (Å²) in [5.41, 5.74) is 0. The number of hydrogen-bond donors (Lipinski definition) is 1. The van der Waals surface area contributed by atoms with E-state index in [0.717, 1.165) is 0 Å². The van der Waals surface area contributed by atoms with E-state index in [1.54, 1.807) is 6.08 Å². The maximum absolute atomic E-state index is 9.45. The van der Waals surface area contributed by atoms with Gasteiger partial charge in [-0.25, -0.2) is 0 Å². The van der Waals surface area contributed by atoms with Crippen LogP contribution in [0.1, 0.15) is 20.3 Å². The third-order valence-electron chi connectivity index (χ3n) is 1.38. The summed E-state index contributed by atoms with van der Waals surface area (Å²) < 4.78 is 10.4. The van der Waals surface area contributed by atoms with Gasteiger partial charge >= 0.3 is 0 Å². The Kier molecular flexibility index (Phi) is 7.05. The van der Waals surface area contributed by atoms with Crippen LogP contribution in [0, 0.1) is 0 Å². The van der Waals surface area contributed by atoms with Crippen molar-refractivity contribution in [3.63, 3.8) is 0 Å². The van der Waals surface area contributed by atoms with E-state index in [1.165, 1.54) is 0 Å². The maximum atomic E-state index is 9.45. The fraction of sp³-hybridized carbons (Fsp3) is 0.778. The standard InChI is InChI=1S/C9H18O3/c1-4-7-8(10)9(11-5-2)12-6-3/h4,8-10H,1,5-7H2,2-3H3. The van der Waals surface area contributed by atoms with Gasteiger partial charge in [0.05, 0.1) is 0 Å². The lowest BCUT2D eigenvalue weighted by molar-refractivity contribution is -0.188. The molecule has 0 aliphatic rings. The topological polar surface area (TPSA) is 38.7 Å². The second kappa shape index (κ2) is 7.28. The summed E-state index contributed by atoms with van der Waals surface area (Å²) in [5, 5.41) is 9.45. The van der Waals surface area contributed by atoms with E-state index in [0.29, 0.717) is 19.6 Å². The summed E-state index contributed by atoms with van der Waals surface area (Å²) >= 11 is 0. The first-order valence-electron chi connectivity index (χ1n) is 4.28. The van der Waals surface area contributed by atoms with Crippen molar-refractivity contribution in [3.8, 4) is 0 Å². The molecule has 72 valence electrons. The minimum Gasteiger partial charge on any atom is -0.388 e. The Bertz CT molecular complexity index is 108. The van der Waals surface area contributed by atoms with Crippen molar-refractivity contribution in [1.82, 2.24) is 0 Å². The Morgan fingerprint density at radius 1 is 1.33 bits per heavy atom. The van der Waals surface area contributed by atoms with E-state index in [2.05, 4.69) is 6.58 Å². The third-order valence-corrected chi connectivity index (χ3v) is 1.38. The van der Waals surface area contributed by atoms with Crippen molar-refractivity contribution in [2.24, 2.45) is 0 Å². The molecule has 3 heteroatoms. The second-order valence-corrected chi connectivity index (χ2v) is 2.37. The molecular weight excluding hydrogens is 156 g/mol. The van der Waals surface area contributed by atoms with Gasteiger partial charge in [-0.2, -0.15) is 0 Å². The Balaban J connectivity index is 3.80. The predicted octanol–water partition coefficient (Wildman–Crippen LogP) is 1.32. The van der Waals surface area contributed by atoms with Crippen LogP contribution in [0.4, 0.5) is 0 Å². The summed E-state index contributed by atoms with van der Waals surface area (Å²) in [4.78, 5) is 0. The van der Waals surface area contributed by atoms with Crippen LogP contribution in [0.15, 0.2) is 12.7 Å². The van der Waals surface area contributed by atoms with Crippen molar-refractivity contribution in [3.05, 3.63) is 12.7 Å². The van der Waals surface area contributed by atoms with Crippen molar-refractivity contribution in [1.29, 1.82) is 0 Å². The van der Waals surface area contributed by atoms with Crippen LogP contribution in [0.2, 0.25) is 0 Å². The highest BCUT2D eigenvalue weighted by molar-refractivity contribution is 4.74. The molecule has 0 aromatic heterocycles. The summed E-state index contributed by atoms with van der Waals surface area (Å²) in [5.74, 6) is 0. The molecule has 0 fully saturated rings. The quantitative estimate of drug-likeness (QED) is 0.467. The van der Waals surface area contributed by atoms with Gasteiger partial charge in [-0.15, -0.1) is 6.58 Å². The van der Waals surface area contributed by atoms with Crippen LogP contribution in [0.25, 0.3) is 0 Å². The van der Waals surface area contributed by atoms with Crippen LogP contribution < -0.4 is 0 Å². The predicted molar refractivity (Wildman–Crippen MR) is 47.9 cm³/mol. The Morgan fingerprint density at radius 2 is 1.83 bits per heavy atom. The molecule has 0 rings (SSSR count). The molecule has 0 aromatic carbocycles. The molecule has 1 atom stereocenters. The van der Waals surface area contributed by atoms with Crippen LogP contribution >= 0.6 is 0 Å². The number of ether oxygens (including phenoxy) is 2. The first kappa shape index (κ1) is 11.6. The molecule has 0 spiro atoms. The molecule has 0 saturated heterocycles.